The summed E-state index contributed by atoms with van der Waals surface area (Å²) in [5.41, 5.74) is 0.626. The van der Waals surface area contributed by atoms with Crippen LogP contribution in [0, 0.1) is 0 Å². The van der Waals surface area contributed by atoms with Crippen LogP contribution in [0.25, 0.3) is 0 Å². The molecule has 0 aromatic carbocycles. The summed E-state index contributed by atoms with van der Waals surface area (Å²) in [4.78, 5) is 0. The summed E-state index contributed by atoms with van der Waals surface area (Å²) in [6, 6.07) is 1.82. The van der Waals surface area contributed by atoms with Crippen molar-refractivity contribution in [3.63, 3.8) is 0 Å². The van der Waals surface area contributed by atoms with Crippen molar-refractivity contribution >= 4 is 0 Å². The van der Waals surface area contributed by atoms with Gasteiger partial charge in [-0.3, -0.25) is 0 Å². The third-order valence-electron chi connectivity index (χ3n) is 1.80. The monoisotopic (exact) mass is 169 g/mol. The molecule has 1 N–H and O–H groups in total. The predicted molar refractivity (Wildman–Crippen MR) is 45.7 cm³/mol. The molecule has 0 bridgehead atoms. The van der Waals surface area contributed by atoms with Gasteiger partial charge in [-0.05, 0) is 6.42 Å². The van der Waals surface area contributed by atoms with Crippen LogP contribution in [0.1, 0.15) is 37.6 Å². The van der Waals surface area contributed by atoms with Gasteiger partial charge in [0.15, 0.2) is 0 Å². The number of hydrogen-bond acceptors (Lipinski definition) is 3. The molecule has 12 heavy (non-hydrogen) atoms. The van der Waals surface area contributed by atoms with Crippen LogP contribution in [0.4, 0.5) is 0 Å². The summed E-state index contributed by atoms with van der Waals surface area (Å²) in [7, 11) is 0. The van der Waals surface area contributed by atoms with Crippen molar-refractivity contribution in [3.05, 3.63) is 17.5 Å². The molecule has 3 heteroatoms. The highest BCUT2D eigenvalue weighted by Gasteiger charge is 2.01. The molecule has 0 aliphatic rings. The number of aryl methyl sites for hydroxylation is 1. The van der Waals surface area contributed by atoms with Crippen molar-refractivity contribution in [2.45, 2.75) is 39.2 Å². The SMILES string of the molecule is CCCCCc1cc(CO)no1. The van der Waals surface area contributed by atoms with Gasteiger partial charge in [0.2, 0.25) is 0 Å². The topological polar surface area (TPSA) is 46.3 Å². The van der Waals surface area contributed by atoms with Gasteiger partial charge in [-0.15, -0.1) is 0 Å². The quantitative estimate of drug-likeness (QED) is 0.685. The zero-order valence-corrected chi connectivity index (χ0v) is 7.42. The number of unbranched alkanes of at least 4 members (excludes halogenated alkanes) is 2. The number of aromatic nitrogens is 1. The molecular formula is C9H15NO2. The molecule has 0 aliphatic heterocycles. The van der Waals surface area contributed by atoms with E-state index in [0.717, 1.165) is 18.6 Å². The molecule has 68 valence electrons. The summed E-state index contributed by atoms with van der Waals surface area (Å²) in [6.45, 7) is 2.14. The number of aliphatic hydroxyl groups excluding tert-OH is 1. The molecule has 1 aromatic rings. The van der Waals surface area contributed by atoms with Gasteiger partial charge in [0.25, 0.3) is 0 Å². The lowest BCUT2D eigenvalue weighted by Gasteiger charge is -1.92. The second kappa shape index (κ2) is 4.93. The number of rotatable bonds is 5. The highest BCUT2D eigenvalue weighted by Crippen LogP contribution is 2.08. The number of nitrogens with zero attached hydrogens (tertiary/aromatic N) is 1. The van der Waals surface area contributed by atoms with Gasteiger partial charge >= 0.3 is 0 Å². The summed E-state index contributed by atoms with van der Waals surface area (Å²) in [5, 5.41) is 12.4. The third-order valence-corrected chi connectivity index (χ3v) is 1.80. The molecule has 3 nitrogen and oxygen atoms in total. The van der Waals surface area contributed by atoms with Crippen LogP contribution >= 0.6 is 0 Å². The van der Waals surface area contributed by atoms with Gasteiger partial charge < -0.3 is 9.63 Å². The zero-order chi connectivity index (χ0) is 8.81. The Morgan fingerprint density at radius 2 is 2.33 bits per heavy atom. The van der Waals surface area contributed by atoms with E-state index in [-0.39, 0.29) is 6.61 Å². The van der Waals surface area contributed by atoms with Crippen LogP contribution in [0.2, 0.25) is 0 Å². The lowest BCUT2D eigenvalue weighted by atomic mass is 10.2. The molecule has 0 aliphatic carbocycles. The van der Waals surface area contributed by atoms with E-state index in [1.54, 1.807) is 0 Å². The lowest BCUT2D eigenvalue weighted by Crippen LogP contribution is -1.81. The molecule has 0 atom stereocenters. The van der Waals surface area contributed by atoms with Crippen molar-refractivity contribution in [2.24, 2.45) is 0 Å². The lowest BCUT2D eigenvalue weighted by molar-refractivity contribution is 0.265. The highest BCUT2D eigenvalue weighted by atomic mass is 16.5. The molecule has 0 unspecified atom stereocenters. The highest BCUT2D eigenvalue weighted by molar-refractivity contribution is 5.03. The van der Waals surface area contributed by atoms with Crippen LogP contribution in [0.15, 0.2) is 10.6 Å². The maximum Gasteiger partial charge on any atom is 0.137 e. The van der Waals surface area contributed by atoms with E-state index in [4.69, 9.17) is 9.63 Å². The first-order chi connectivity index (χ1) is 5.86. The van der Waals surface area contributed by atoms with Crippen LogP contribution in [-0.2, 0) is 13.0 Å². The molecule has 0 radical (unpaired) electrons. The van der Waals surface area contributed by atoms with Crippen LogP contribution in [0.3, 0.4) is 0 Å². The maximum atomic E-state index is 8.70. The minimum absolute atomic E-state index is 0.0305. The van der Waals surface area contributed by atoms with Gasteiger partial charge in [0.1, 0.15) is 11.5 Å². The maximum absolute atomic E-state index is 8.70. The van der Waals surface area contributed by atoms with E-state index in [9.17, 15) is 0 Å². The molecule has 1 rings (SSSR count). The van der Waals surface area contributed by atoms with Crippen molar-refractivity contribution in [2.75, 3.05) is 0 Å². The van der Waals surface area contributed by atoms with E-state index in [1.165, 1.54) is 12.8 Å². The second-order valence-corrected chi connectivity index (χ2v) is 2.90. The minimum Gasteiger partial charge on any atom is -0.390 e. The fraction of sp³-hybridized carbons (Fsp3) is 0.667. The first kappa shape index (κ1) is 9.26. The van der Waals surface area contributed by atoms with Crippen molar-refractivity contribution < 1.29 is 9.63 Å². The van der Waals surface area contributed by atoms with Crippen molar-refractivity contribution in [1.82, 2.24) is 5.16 Å². The summed E-state index contributed by atoms with van der Waals surface area (Å²) >= 11 is 0. The van der Waals surface area contributed by atoms with Crippen molar-refractivity contribution in [3.8, 4) is 0 Å². The molecule has 0 saturated heterocycles. The zero-order valence-electron chi connectivity index (χ0n) is 7.42. The second-order valence-electron chi connectivity index (χ2n) is 2.90. The largest absolute Gasteiger partial charge is 0.390 e. The fourth-order valence-corrected chi connectivity index (χ4v) is 1.10. The number of aliphatic hydroxyl groups is 1. The average Bonchev–Trinajstić information content (AvgIpc) is 2.53. The Balaban J connectivity index is 2.31. The normalized spacial score (nSPS) is 10.5. The van der Waals surface area contributed by atoms with Gasteiger partial charge in [0, 0.05) is 12.5 Å². The smallest absolute Gasteiger partial charge is 0.137 e. The Morgan fingerprint density at radius 1 is 1.50 bits per heavy atom. The Morgan fingerprint density at radius 3 is 2.92 bits per heavy atom. The van der Waals surface area contributed by atoms with Crippen LogP contribution < -0.4 is 0 Å². The molecule has 0 amide bonds. The van der Waals surface area contributed by atoms with Crippen LogP contribution in [0.5, 0.6) is 0 Å². The summed E-state index contributed by atoms with van der Waals surface area (Å²) in [6.07, 6.45) is 4.49. The molecule has 0 spiro atoms. The molecule has 1 aromatic heterocycles. The minimum atomic E-state index is -0.0305. The van der Waals surface area contributed by atoms with Gasteiger partial charge in [-0.2, -0.15) is 0 Å². The van der Waals surface area contributed by atoms with E-state index in [2.05, 4.69) is 12.1 Å². The van der Waals surface area contributed by atoms with Gasteiger partial charge in [-0.1, -0.05) is 24.9 Å². The first-order valence-electron chi connectivity index (χ1n) is 4.42. The fourth-order valence-electron chi connectivity index (χ4n) is 1.10. The molecular weight excluding hydrogens is 154 g/mol. The van der Waals surface area contributed by atoms with E-state index in [1.807, 2.05) is 6.07 Å². The predicted octanol–water partition coefficient (Wildman–Crippen LogP) is 1.90. The molecule has 1 heterocycles. The third kappa shape index (κ3) is 2.66. The summed E-state index contributed by atoms with van der Waals surface area (Å²) in [5.74, 6) is 0.882. The number of hydrogen-bond donors (Lipinski definition) is 1. The Bertz CT molecular complexity index is 220. The summed E-state index contributed by atoms with van der Waals surface area (Å²) < 4.78 is 4.99. The van der Waals surface area contributed by atoms with Gasteiger partial charge in [-0.25, -0.2) is 0 Å². The standard InChI is InChI=1S/C9H15NO2/c1-2-3-4-5-9-6-8(7-11)10-12-9/h6,11H,2-5,7H2,1H3. The first-order valence-corrected chi connectivity index (χ1v) is 4.42. The van der Waals surface area contributed by atoms with E-state index < -0.39 is 0 Å². The molecule has 0 saturated carbocycles. The Labute approximate surface area is 72.4 Å². The average molecular weight is 169 g/mol. The van der Waals surface area contributed by atoms with E-state index in [0.29, 0.717) is 5.69 Å². The molecule has 0 fully saturated rings. The van der Waals surface area contributed by atoms with Crippen molar-refractivity contribution in [1.29, 1.82) is 0 Å². The van der Waals surface area contributed by atoms with E-state index >= 15 is 0 Å². The Kier molecular flexibility index (Phi) is 3.80. The van der Waals surface area contributed by atoms with Gasteiger partial charge in [0.05, 0.1) is 6.61 Å². The van der Waals surface area contributed by atoms with Crippen LogP contribution in [-0.4, -0.2) is 10.3 Å². The Hall–Kier alpha value is -0.830.